The number of hydrogen-bond acceptors (Lipinski definition) is 3. The molecule has 0 fully saturated rings. The number of carbonyl (C=O) groups excluding carboxylic acids is 1. The lowest BCUT2D eigenvalue weighted by Crippen LogP contribution is -2.27. The van der Waals surface area contributed by atoms with Crippen molar-refractivity contribution in [3.63, 3.8) is 0 Å². The van der Waals surface area contributed by atoms with Crippen LogP contribution in [0.15, 0.2) is 18.3 Å². The topological polar surface area (TPSA) is 51.2 Å². The van der Waals surface area contributed by atoms with E-state index in [0.29, 0.717) is 29.8 Å². The fourth-order valence-electron chi connectivity index (χ4n) is 1.27. The van der Waals surface area contributed by atoms with E-state index in [1.807, 2.05) is 0 Å². The van der Waals surface area contributed by atoms with Crippen molar-refractivity contribution in [3.8, 4) is 0 Å². The Morgan fingerprint density at radius 3 is 2.83 bits per heavy atom. The first-order valence-electron chi connectivity index (χ1n) is 6.07. The molecular formula is C13H19ClN2O2. The lowest BCUT2D eigenvalue weighted by Gasteiger charge is -2.07. The van der Waals surface area contributed by atoms with Gasteiger partial charge in [0.15, 0.2) is 0 Å². The van der Waals surface area contributed by atoms with Gasteiger partial charge in [-0.2, -0.15) is 0 Å². The maximum Gasteiger partial charge on any atom is 0.252 e. The van der Waals surface area contributed by atoms with E-state index in [1.54, 1.807) is 12.1 Å². The molecule has 4 nitrogen and oxygen atoms in total. The summed E-state index contributed by atoms with van der Waals surface area (Å²) >= 11 is 5.64. The van der Waals surface area contributed by atoms with Gasteiger partial charge in [-0.3, -0.25) is 4.79 Å². The molecule has 0 saturated heterocycles. The molecule has 0 aliphatic rings. The number of carbonyl (C=O) groups is 1. The van der Waals surface area contributed by atoms with Crippen LogP contribution >= 0.6 is 11.6 Å². The van der Waals surface area contributed by atoms with Gasteiger partial charge in [0.2, 0.25) is 0 Å². The Hall–Kier alpha value is -1.13. The number of nitrogens with zero attached hydrogens (tertiary/aromatic N) is 1. The van der Waals surface area contributed by atoms with Crippen molar-refractivity contribution in [2.45, 2.75) is 20.3 Å². The van der Waals surface area contributed by atoms with E-state index < -0.39 is 0 Å². The highest BCUT2D eigenvalue weighted by molar-refractivity contribution is 6.29. The maximum absolute atomic E-state index is 11.6. The van der Waals surface area contributed by atoms with E-state index in [2.05, 4.69) is 24.1 Å². The summed E-state index contributed by atoms with van der Waals surface area (Å²) in [4.78, 5) is 15.5. The highest BCUT2D eigenvalue weighted by Crippen LogP contribution is 2.04. The molecular weight excluding hydrogens is 252 g/mol. The number of pyridine rings is 1. The van der Waals surface area contributed by atoms with E-state index in [9.17, 15) is 4.79 Å². The number of ether oxygens (including phenoxy) is 1. The van der Waals surface area contributed by atoms with Gasteiger partial charge in [-0.15, -0.1) is 0 Å². The third-order valence-electron chi connectivity index (χ3n) is 2.36. The van der Waals surface area contributed by atoms with Gasteiger partial charge in [0, 0.05) is 19.3 Å². The molecule has 1 amide bonds. The minimum atomic E-state index is -0.161. The van der Waals surface area contributed by atoms with Gasteiger partial charge in [-0.25, -0.2) is 4.98 Å². The van der Waals surface area contributed by atoms with Crippen LogP contribution in [0.4, 0.5) is 0 Å². The summed E-state index contributed by atoms with van der Waals surface area (Å²) in [6.45, 7) is 6.06. The normalized spacial score (nSPS) is 10.7. The molecule has 0 aliphatic heterocycles. The molecule has 100 valence electrons. The molecule has 0 radical (unpaired) electrons. The predicted molar refractivity (Wildman–Crippen MR) is 71.9 cm³/mol. The van der Waals surface area contributed by atoms with Gasteiger partial charge in [0.05, 0.1) is 12.2 Å². The lowest BCUT2D eigenvalue weighted by atomic mass is 10.1. The summed E-state index contributed by atoms with van der Waals surface area (Å²) < 4.78 is 5.40. The van der Waals surface area contributed by atoms with Crippen molar-refractivity contribution in [2.24, 2.45) is 5.92 Å². The fourth-order valence-corrected chi connectivity index (χ4v) is 1.38. The first-order valence-corrected chi connectivity index (χ1v) is 6.45. The predicted octanol–water partition coefficient (Wildman–Crippen LogP) is 2.53. The molecule has 1 N–H and O–H groups in total. The molecule has 18 heavy (non-hydrogen) atoms. The van der Waals surface area contributed by atoms with Crippen molar-refractivity contribution in [3.05, 3.63) is 29.0 Å². The average molecular weight is 271 g/mol. The maximum atomic E-state index is 11.6. The monoisotopic (exact) mass is 270 g/mol. The third-order valence-corrected chi connectivity index (χ3v) is 2.58. The quantitative estimate of drug-likeness (QED) is 0.612. The Labute approximate surface area is 113 Å². The number of amides is 1. The second kappa shape index (κ2) is 8.06. The summed E-state index contributed by atoms with van der Waals surface area (Å²) in [6.07, 6.45) is 2.49. The van der Waals surface area contributed by atoms with Gasteiger partial charge >= 0.3 is 0 Å². The Morgan fingerprint density at radius 2 is 2.22 bits per heavy atom. The minimum Gasteiger partial charge on any atom is -0.380 e. The molecule has 1 rings (SSSR count). The molecule has 0 aliphatic carbocycles. The SMILES string of the molecule is CC(C)CCOCCNC(=O)c1ccc(Cl)nc1. The van der Waals surface area contributed by atoms with Crippen LogP contribution in [0, 0.1) is 5.92 Å². The van der Waals surface area contributed by atoms with Crippen molar-refractivity contribution in [2.75, 3.05) is 19.8 Å². The largest absolute Gasteiger partial charge is 0.380 e. The van der Waals surface area contributed by atoms with Gasteiger partial charge in [0.25, 0.3) is 5.91 Å². The zero-order valence-corrected chi connectivity index (χ0v) is 11.5. The van der Waals surface area contributed by atoms with Crippen LogP contribution in [0.2, 0.25) is 5.15 Å². The molecule has 0 saturated carbocycles. The van der Waals surface area contributed by atoms with E-state index in [0.717, 1.165) is 13.0 Å². The van der Waals surface area contributed by atoms with Gasteiger partial charge in [-0.1, -0.05) is 25.4 Å². The zero-order valence-electron chi connectivity index (χ0n) is 10.8. The number of rotatable bonds is 7. The molecule has 5 heteroatoms. The zero-order chi connectivity index (χ0) is 13.4. The summed E-state index contributed by atoms with van der Waals surface area (Å²) in [6, 6.07) is 3.24. The van der Waals surface area contributed by atoms with E-state index >= 15 is 0 Å². The average Bonchev–Trinajstić information content (AvgIpc) is 2.34. The van der Waals surface area contributed by atoms with Crippen molar-refractivity contribution >= 4 is 17.5 Å². The number of aromatic nitrogens is 1. The molecule has 0 atom stereocenters. The molecule has 1 aromatic heterocycles. The standard InChI is InChI=1S/C13H19ClN2O2/c1-10(2)5-7-18-8-6-15-13(17)11-3-4-12(14)16-9-11/h3-4,9-10H,5-8H2,1-2H3,(H,15,17). The second-order valence-corrected chi connectivity index (χ2v) is 4.81. The van der Waals surface area contributed by atoms with Gasteiger partial charge < -0.3 is 10.1 Å². The number of halogens is 1. The van der Waals surface area contributed by atoms with Crippen LogP contribution in [-0.4, -0.2) is 30.6 Å². The van der Waals surface area contributed by atoms with E-state index in [1.165, 1.54) is 6.20 Å². The van der Waals surface area contributed by atoms with Crippen molar-refractivity contribution in [1.82, 2.24) is 10.3 Å². The molecule has 1 aromatic rings. The molecule has 0 unspecified atom stereocenters. The Balaban J connectivity index is 2.16. The third kappa shape index (κ3) is 5.98. The Bertz CT molecular complexity index is 366. The Morgan fingerprint density at radius 1 is 1.44 bits per heavy atom. The molecule has 0 spiro atoms. The summed E-state index contributed by atoms with van der Waals surface area (Å²) in [5.41, 5.74) is 0.501. The molecule has 0 bridgehead atoms. The summed E-state index contributed by atoms with van der Waals surface area (Å²) in [7, 11) is 0. The van der Waals surface area contributed by atoms with Crippen LogP contribution < -0.4 is 5.32 Å². The smallest absolute Gasteiger partial charge is 0.252 e. The van der Waals surface area contributed by atoms with Crippen molar-refractivity contribution < 1.29 is 9.53 Å². The summed E-state index contributed by atoms with van der Waals surface area (Å²) in [5.74, 6) is 0.478. The van der Waals surface area contributed by atoms with Crippen LogP contribution in [0.1, 0.15) is 30.6 Å². The van der Waals surface area contributed by atoms with Gasteiger partial charge in [-0.05, 0) is 24.5 Å². The van der Waals surface area contributed by atoms with Crippen LogP contribution in [0.5, 0.6) is 0 Å². The molecule has 0 aromatic carbocycles. The summed E-state index contributed by atoms with van der Waals surface area (Å²) in [5, 5.41) is 3.14. The Kier molecular flexibility index (Phi) is 6.68. The number of hydrogen-bond donors (Lipinski definition) is 1. The molecule has 1 heterocycles. The van der Waals surface area contributed by atoms with E-state index in [4.69, 9.17) is 16.3 Å². The van der Waals surface area contributed by atoms with Crippen molar-refractivity contribution in [1.29, 1.82) is 0 Å². The highest BCUT2D eigenvalue weighted by atomic mass is 35.5. The second-order valence-electron chi connectivity index (χ2n) is 4.42. The lowest BCUT2D eigenvalue weighted by molar-refractivity contribution is 0.0905. The first kappa shape index (κ1) is 14.9. The first-order chi connectivity index (χ1) is 8.59. The van der Waals surface area contributed by atoms with Crippen LogP contribution in [-0.2, 0) is 4.74 Å². The van der Waals surface area contributed by atoms with Gasteiger partial charge in [0.1, 0.15) is 5.15 Å². The van der Waals surface area contributed by atoms with Crippen LogP contribution in [0.25, 0.3) is 0 Å². The van der Waals surface area contributed by atoms with E-state index in [-0.39, 0.29) is 5.91 Å². The fraction of sp³-hybridized carbons (Fsp3) is 0.538. The minimum absolute atomic E-state index is 0.161. The van der Waals surface area contributed by atoms with Crippen LogP contribution in [0.3, 0.4) is 0 Å². The number of nitrogens with one attached hydrogen (secondary N) is 1. The highest BCUT2D eigenvalue weighted by Gasteiger charge is 2.04.